The molecule has 0 unspecified atom stereocenters. The molecule has 4 aromatic rings. The second-order valence-electron chi connectivity index (χ2n) is 10.6. The van der Waals surface area contributed by atoms with Crippen molar-refractivity contribution < 1.29 is 52.7 Å². The molecule has 0 amide bonds. The van der Waals surface area contributed by atoms with Gasteiger partial charge in [0, 0.05) is 22.3 Å². The molecule has 4 aromatic carbocycles. The molecule has 0 aromatic heterocycles. The summed E-state index contributed by atoms with van der Waals surface area (Å²) in [6.45, 7) is 2.68. The molecule has 0 fully saturated rings. The van der Waals surface area contributed by atoms with Gasteiger partial charge in [-0.3, -0.25) is 0 Å². The van der Waals surface area contributed by atoms with Gasteiger partial charge in [-0.05, 0) is 79.5 Å². The van der Waals surface area contributed by atoms with Crippen LogP contribution < -0.4 is 0 Å². The summed E-state index contributed by atoms with van der Waals surface area (Å²) in [7, 11) is 0. The highest BCUT2D eigenvalue weighted by molar-refractivity contribution is 5.76. The molecular formula is C35H24F12. The molecule has 0 atom stereocenters. The van der Waals surface area contributed by atoms with Crippen molar-refractivity contribution in [3.05, 3.63) is 127 Å². The van der Waals surface area contributed by atoms with E-state index >= 15 is 0 Å². The van der Waals surface area contributed by atoms with Crippen molar-refractivity contribution in [2.75, 3.05) is 0 Å². The minimum absolute atomic E-state index is 0.261. The van der Waals surface area contributed by atoms with Crippen molar-refractivity contribution in [2.24, 2.45) is 0 Å². The van der Waals surface area contributed by atoms with Crippen molar-refractivity contribution >= 4 is 24.3 Å². The van der Waals surface area contributed by atoms with Crippen LogP contribution in [-0.4, -0.2) is 0 Å². The molecule has 0 saturated carbocycles. The van der Waals surface area contributed by atoms with Gasteiger partial charge in [0.25, 0.3) is 0 Å². The Morgan fingerprint density at radius 2 is 0.766 bits per heavy atom. The van der Waals surface area contributed by atoms with E-state index < -0.39 is 114 Å². The van der Waals surface area contributed by atoms with Crippen molar-refractivity contribution in [2.45, 2.75) is 46.0 Å². The van der Waals surface area contributed by atoms with Crippen LogP contribution in [0.25, 0.3) is 35.4 Å². The fraction of sp³-hybridized carbons (Fsp3) is 0.200. The van der Waals surface area contributed by atoms with Crippen molar-refractivity contribution in [1.82, 2.24) is 0 Å². The first-order chi connectivity index (χ1) is 22.2. The predicted molar refractivity (Wildman–Crippen MR) is 155 cm³/mol. The van der Waals surface area contributed by atoms with E-state index in [-0.39, 0.29) is 12.8 Å². The van der Waals surface area contributed by atoms with Crippen LogP contribution in [0.15, 0.2) is 24.3 Å². The fourth-order valence-corrected chi connectivity index (χ4v) is 4.85. The van der Waals surface area contributed by atoms with Crippen LogP contribution in [0.2, 0.25) is 0 Å². The lowest BCUT2D eigenvalue weighted by Crippen LogP contribution is -2.06. The van der Waals surface area contributed by atoms with E-state index in [2.05, 4.69) is 0 Å². The maximum atomic E-state index is 14.9. The average Bonchev–Trinajstić information content (AvgIpc) is 3.03. The first-order valence-electron chi connectivity index (χ1n) is 14.2. The molecule has 0 aliphatic rings. The van der Waals surface area contributed by atoms with E-state index in [0.717, 1.165) is 19.8 Å². The standard InChI is InChI=1S/C35H24F12/c1-3-4-5-6-7-21-32(44)34(46)23(35(47)33(21)45)11-9-20-26(38)14-18(15-27(20)39)17-12-24(36)19(25(37)13-17)8-10-22-30(42)28(40)16(2)29(41)31(22)43/h8-15H,3-7H2,1-2H3/b10-8+,11-9+. The molecule has 0 aliphatic carbocycles. The second-order valence-corrected chi connectivity index (χ2v) is 10.6. The highest BCUT2D eigenvalue weighted by Crippen LogP contribution is 2.32. The molecule has 0 nitrogen and oxygen atoms in total. The average molecular weight is 673 g/mol. The van der Waals surface area contributed by atoms with Gasteiger partial charge in [-0.1, -0.05) is 26.2 Å². The van der Waals surface area contributed by atoms with Gasteiger partial charge < -0.3 is 0 Å². The summed E-state index contributed by atoms with van der Waals surface area (Å²) in [5.74, 6) is -19.3. The first-order valence-corrected chi connectivity index (χ1v) is 14.2. The minimum atomic E-state index is -1.80. The second kappa shape index (κ2) is 14.5. The third-order valence-corrected chi connectivity index (χ3v) is 7.51. The third kappa shape index (κ3) is 7.11. The van der Waals surface area contributed by atoms with E-state index in [1.807, 2.05) is 6.92 Å². The highest BCUT2D eigenvalue weighted by atomic mass is 19.2. The topological polar surface area (TPSA) is 0 Å². The zero-order chi connectivity index (χ0) is 34.7. The number of rotatable bonds is 10. The van der Waals surface area contributed by atoms with Gasteiger partial charge in [-0.2, -0.15) is 0 Å². The van der Waals surface area contributed by atoms with Gasteiger partial charge in [0.15, 0.2) is 46.5 Å². The SMILES string of the molecule is CCCCCCc1c(F)c(F)c(/C=C/c2c(F)cc(-c3cc(F)c(/C=C/c4c(F)c(F)c(C)c(F)c4F)c(F)c3)cc2F)c(F)c1F. The van der Waals surface area contributed by atoms with Crippen LogP contribution in [0.4, 0.5) is 52.7 Å². The van der Waals surface area contributed by atoms with Gasteiger partial charge in [0.2, 0.25) is 0 Å². The van der Waals surface area contributed by atoms with Crippen LogP contribution >= 0.6 is 0 Å². The van der Waals surface area contributed by atoms with E-state index in [4.69, 9.17) is 0 Å². The van der Waals surface area contributed by atoms with Crippen LogP contribution in [-0.2, 0) is 6.42 Å². The van der Waals surface area contributed by atoms with E-state index in [1.54, 1.807) is 0 Å². The monoisotopic (exact) mass is 672 g/mol. The Labute approximate surface area is 261 Å². The Hall–Kier alpha value is -4.48. The summed E-state index contributed by atoms with van der Waals surface area (Å²) >= 11 is 0. The van der Waals surface area contributed by atoms with Gasteiger partial charge in [-0.15, -0.1) is 0 Å². The molecule has 0 radical (unpaired) electrons. The predicted octanol–water partition coefficient (Wildman–Crippen LogP) is 11.8. The Morgan fingerprint density at radius 1 is 0.426 bits per heavy atom. The Kier molecular flexibility index (Phi) is 10.9. The Bertz CT molecular complexity index is 1800. The summed E-state index contributed by atoms with van der Waals surface area (Å²) in [6, 6.07) is 2.44. The summed E-state index contributed by atoms with van der Waals surface area (Å²) in [5.41, 5.74) is -6.85. The zero-order valence-electron chi connectivity index (χ0n) is 24.7. The summed E-state index contributed by atoms with van der Waals surface area (Å²) in [4.78, 5) is 0. The van der Waals surface area contributed by atoms with Gasteiger partial charge in [0.1, 0.15) is 23.3 Å². The van der Waals surface area contributed by atoms with Crippen molar-refractivity contribution in [3.63, 3.8) is 0 Å². The van der Waals surface area contributed by atoms with Crippen LogP contribution in [0, 0.1) is 76.7 Å². The fourth-order valence-electron chi connectivity index (χ4n) is 4.85. The largest absolute Gasteiger partial charge is 0.206 e. The lowest BCUT2D eigenvalue weighted by atomic mass is 9.99. The maximum Gasteiger partial charge on any atom is 0.169 e. The lowest BCUT2D eigenvalue weighted by Gasteiger charge is -2.11. The van der Waals surface area contributed by atoms with Crippen LogP contribution in [0.5, 0.6) is 0 Å². The summed E-state index contributed by atoms with van der Waals surface area (Å²) in [5, 5.41) is 0. The van der Waals surface area contributed by atoms with Crippen LogP contribution in [0.3, 0.4) is 0 Å². The highest BCUT2D eigenvalue weighted by Gasteiger charge is 2.25. The van der Waals surface area contributed by atoms with E-state index in [9.17, 15) is 52.7 Å². The van der Waals surface area contributed by atoms with Crippen molar-refractivity contribution in [3.8, 4) is 11.1 Å². The molecule has 0 spiro atoms. The molecule has 0 bridgehead atoms. The lowest BCUT2D eigenvalue weighted by molar-refractivity contribution is 0.433. The van der Waals surface area contributed by atoms with E-state index in [0.29, 0.717) is 55.0 Å². The molecule has 4 rings (SSSR count). The number of hydrogen-bond donors (Lipinski definition) is 0. The molecule has 47 heavy (non-hydrogen) atoms. The number of halogens is 12. The van der Waals surface area contributed by atoms with Gasteiger partial charge in [0.05, 0.1) is 11.1 Å². The van der Waals surface area contributed by atoms with Crippen LogP contribution in [0.1, 0.15) is 66.0 Å². The molecule has 0 saturated heterocycles. The molecule has 12 heteroatoms. The summed E-state index contributed by atoms with van der Waals surface area (Å²) < 4.78 is 174. The van der Waals surface area contributed by atoms with Crippen molar-refractivity contribution in [1.29, 1.82) is 0 Å². The zero-order valence-corrected chi connectivity index (χ0v) is 24.7. The normalized spacial score (nSPS) is 11.9. The Balaban J connectivity index is 1.64. The van der Waals surface area contributed by atoms with Gasteiger partial charge >= 0.3 is 0 Å². The third-order valence-electron chi connectivity index (χ3n) is 7.51. The first kappa shape index (κ1) is 35.4. The number of unbranched alkanes of at least 4 members (excludes halogenated alkanes) is 3. The van der Waals surface area contributed by atoms with E-state index in [1.165, 1.54) is 0 Å². The summed E-state index contributed by atoms with van der Waals surface area (Å²) in [6.07, 6.45) is 4.05. The Morgan fingerprint density at radius 3 is 1.13 bits per heavy atom. The minimum Gasteiger partial charge on any atom is -0.206 e. The number of hydrogen-bond acceptors (Lipinski definition) is 0. The number of benzene rings is 4. The molecule has 0 heterocycles. The maximum absolute atomic E-state index is 14.9. The quantitative estimate of drug-likeness (QED) is 0.0681. The molecule has 248 valence electrons. The molecule has 0 N–H and O–H groups in total. The molecular weight excluding hydrogens is 648 g/mol. The van der Waals surface area contributed by atoms with Gasteiger partial charge in [-0.25, -0.2) is 52.7 Å². The molecule has 0 aliphatic heterocycles. The smallest absolute Gasteiger partial charge is 0.169 e.